The van der Waals surface area contributed by atoms with Crippen LogP contribution in [0.5, 0.6) is 0 Å². The second kappa shape index (κ2) is 12.5. The fourth-order valence-corrected chi connectivity index (χ4v) is 7.59. The Balaban J connectivity index is 1.29. The molecule has 3 aromatic heterocycles. The third-order valence-corrected chi connectivity index (χ3v) is 10.1. The molecule has 0 saturated carbocycles. The van der Waals surface area contributed by atoms with Crippen LogP contribution in [0.1, 0.15) is 18.0 Å². The topological polar surface area (TPSA) is 38.7 Å². The fourth-order valence-electron chi connectivity index (χ4n) is 6.56. The molecule has 1 aliphatic rings. The normalized spacial score (nSPS) is 15.4. The Hall–Kier alpha value is -6.15. The van der Waals surface area contributed by atoms with Crippen LogP contribution >= 0.6 is 11.3 Å². The third kappa shape index (κ3) is 5.61. The summed E-state index contributed by atoms with van der Waals surface area (Å²) in [6, 6.07) is 45.0. The van der Waals surface area contributed by atoms with E-state index in [4.69, 9.17) is 15.0 Å². The summed E-state index contributed by atoms with van der Waals surface area (Å²) in [5.41, 5.74) is 8.11. The average molecular weight is 644 g/mol. The Morgan fingerprint density at radius 3 is 2.37 bits per heavy atom. The summed E-state index contributed by atoms with van der Waals surface area (Å²) in [7, 11) is 0. The van der Waals surface area contributed by atoms with Gasteiger partial charge in [0, 0.05) is 44.8 Å². The summed E-state index contributed by atoms with van der Waals surface area (Å²) >= 11 is 1.73. The van der Waals surface area contributed by atoms with Crippen molar-refractivity contribution in [2.24, 2.45) is 0 Å². The van der Waals surface area contributed by atoms with Crippen molar-refractivity contribution in [2.45, 2.75) is 12.3 Å². The molecule has 49 heavy (non-hydrogen) atoms. The lowest BCUT2D eigenvalue weighted by molar-refractivity contribution is 0.993. The quantitative estimate of drug-likeness (QED) is 0.175. The zero-order chi connectivity index (χ0) is 32.6. The molecule has 1 unspecified atom stereocenters. The van der Waals surface area contributed by atoms with Gasteiger partial charge in [0.25, 0.3) is 0 Å². The molecule has 1 aliphatic carbocycles. The van der Waals surface area contributed by atoms with Crippen molar-refractivity contribution in [3.8, 4) is 56.7 Å². The highest BCUT2D eigenvalue weighted by molar-refractivity contribution is 7.25. The highest BCUT2D eigenvalue weighted by Crippen LogP contribution is 2.40. The molecule has 0 amide bonds. The van der Waals surface area contributed by atoms with Gasteiger partial charge in [-0.05, 0) is 57.8 Å². The van der Waals surface area contributed by atoms with Crippen molar-refractivity contribution in [3.63, 3.8) is 0 Å². The molecule has 3 nitrogen and oxygen atoms in total. The maximum absolute atomic E-state index is 5.27. The van der Waals surface area contributed by atoms with E-state index < -0.39 is 0 Å². The van der Waals surface area contributed by atoms with E-state index in [0.29, 0.717) is 5.82 Å². The second-order valence-corrected chi connectivity index (χ2v) is 13.2. The van der Waals surface area contributed by atoms with Crippen molar-refractivity contribution >= 4 is 42.4 Å². The molecular formula is C45H29N3S. The van der Waals surface area contributed by atoms with E-state index in [1.54, 1.807) is 11.3 Å². The van der Waals surface area contributed by atoms with Crippen LogP contribution in [0.25, 0.3) is 76.0 Å². The highest BCUT2D eigenvalue weighted by atomic mass is 32.1. The van der Waals surface area contributed by atoms with Gasteiger partial charge < -0.3 is 0 Å². The van der Waals surface area contributed by atoms with Crippen LogP contribution in [0.4, 0.5) is 0 Å². The van der Waals surface area contributed by atoms with E-state index in [1.807, 2.05) is 24.4 Å². The number of nitrogens with zero attached hydrogens (tertiary/aromatic N) is 3. The van der Waals surface area contributed by atoms with Gasteiger partial charge in [-0.25, -0.2) is 15.0 Å². The first-order valence-electron chi connectivity index (χ1n) is 16.4. The van der Waals surface area contributed by atoms with Crippen LogP contribution < -0.4 is 0 Å². The maximum Gasteiger partial charge on any atom is 0.160 e. The standard InChI is InChI=1S/C45H29N3S/c1-2-5-14-31(15-6-3-1)41-28-42(48-44(47-41)32-16-7-4-8-17-32)39-26-35(34-22-21-30-13-9-10-18-33(30)25-34)23-24-37(39)36-27-40-38-19-11-12-20-43(38)49-45(40)46-29-36/h1-2,4-5,7-14,16-29,31H,3H2/b2-1-,14-5-. The zero-order valence-electron chi connectivity index (χ0n) is 26.5. The SMILES string of the molecule is C1#CC(c2cc(-c3cc(-c4ccc5ccccc5c4)ccc3-c3cnc4sc5ccccc5c4c3)nc(-c3ccccc3)n2)/C=C\C=C/C1. The summed E-state index contributed by atoms with van der Waals surface area (Å²) < 4.78 is 1.24. The molecule has 0 aliphatic heterocycles. The van der Waals surface area contributed by atoms with Crippen LogP contribution in [0.2, 0.25) is 0 Å². The summed E-state index contributed by atoms with van der Waals surface area (Å²) in [5.74, 6) is 7.28. The predicted molar refractivity (Wildman–Crippen MR) is 205 cm³/mol. The zero-order valence-corrected chi connectivity index (χ0v) is 27.4. The minimum absolute atomic E-state index is 0.156. The van der Waals surface area contributed by atoms with Gasteiger partial charge in [0.15, 0.2) is 5.82 Å². The number of thiophene rings is 1. The first kappa shape index (κ1) is 29.0. The summed E-state index contributed by atoms with van der Waals surface area (Å²) in [5, 5.41) is 4.83. The third-order valence-electron chi connectivity index (χ3n) is 9.05. The van der Waals surface area contributed by atoms with Crippen molar-refractivity contribution in [2.75, 3.05) is 0 Å². The van der Waals surface area contributed by atoms with Gasteiger partial charge in [0.05, 0.1) is 17.3 Å². The van der Waals surface area contributed by atoms with E-state index >= 15 is 0 Å². The van der Waals surface area contributed by atoms with Crippen LogP contribution in [0, 0.1) is 11.8 Å². The smallest absolute Gasteiger partial charge is 0.160 e. The molecule has 1 atom stereocenters. The molecule has 0 radical (unpaired) electrons. The van der Waals surface area contributed by atoms with Gasteiger partial charge in [-0.15, -0.1) is 11.3 Å². The van der Waals surface area contributed by atoms with Gasteiger partial charge in [-0.1, -0.05) is 133 Å². The second-order valence-electron chi connectivity index (χ2n) is 12.2. The summed E-state index contributed by atoms with van der Waals surface area (Å²) in [6.45, 7) is 0. The van der Waals surface area contributed by atoms with E-state index in [1.165, 1.54) is 26.2 Å². The van der Waals surface area contributed by atoms with Crippen LogP contribution in [0.3, 0.4) is 0 Å². The van der Waals surface area contributed by atoms with Crippen molar-refractivity contribution in [1.29, 1.82) is 0 Å². The molecule has 0 N–H and O–H groups in total. The lowest BCUT2D eigenvalue weighted by atomic mass is 9.91. The number of hydrogen-bond donors (Lipinski definition) is 0. The van der Waals surface area contributed by atoms with Crippen molar-refractivity contribution < 1.29 is 0 Å². The average Bonchev–Trinajstić information content (AvgIpc) is 3.52. The molecule has 0 spiro atoms. The molecule has 8 aromatic rings. The number of hydrogen-bond acceptors (Lipinski definition) is 4. The van der Waals surface area contributed by atoms with Gasteiger partial charge >= 0.3 is 0 Å². The number of allylic oxidation sites excluding steroid dienone is 4. The van der Waals surface area contributed by atoms with Crippen LogP contribution in [-0.2, 0) is 0 Å². The number of pyridine rings is 1. The predicted octanol–water partition coefficient (Wildman–Crippen LogP) is 11.7. The lowest BCUT2D eigenvalue weighted by Gasteiger charge is -2.16. The van der Waals surface area contributed by atoms with E-state index in [2.05, 4.69) is 145 Å². The number of rotatable bonds is 5. The number of fused-ring (bicyclic) bond motifs is 4. The fraction of sp³-hybridized carbons (Fsp3) is 0.0444. The van der Waals surface area contributed by atoms with Crippen LogP contribution in [-0.4, -0.2) is 15.0 Å². The van der Waals surface area contributed by atoms with Gasteiger partial charge in [-0.2, -0.15) is 0 Å². The van der Waals surface area contributed by atoms with Crippen molar-refractivity contribution in [3.05, 3.63) is 164 Å². The Morgan fingerprint density at radius 1 is 0.612 bits per heavy atom. The van der Waals surface area contributed by atoms with E-state index in [-0.39, 0.29) is 5.92 Å². The largest absolute Gasteiger partial charge is 0.245 e. The molecule has 9 rings (SSSR count). The minimum atomic E-state index is -0.156. The summed E-state index contributed by atoms with van der Waals surface area (Å²) in [6.07, 6.45) is 11.0. The Bertz CT molecular complexity index is 2650. The molecule has 0 bridgehead atoms. The van der Waals surface area contributed by atoms with E-state index in [0.717, 1.165) is 56.0 Å². The molecule has 4 heteroatoms. The lowest BCUT2D eigenvalue weighted by Crippen LogP contribution is -2.03. The molecule has 0 saturated heterocycles. The summed E-state index contributed by atoms with van der Waals surface area (Å²) in [4.78, 5) is 16.4. The Labute approximate surface area is 289 Å². The van der Waals surface area contributed by atoms with Crippen LogP contribution in [0.15, 0.2) is 158 Å². The Morgan fingerprint density at radius 2 is 1.43 bits per heavy atom. The number of aromatic nitrogens is 3. The molecule has 0 fully saturated rings. The maximum atomic E-state index is 5.27. The Kier molecular flexibility index (Phi) is 7.38. The van der Waals surface area contributed by atoms with Crippen molar-refractivity contribution in [1.82, 2.24) is 15.0 Å². The van der Waals surface area contributed by atoms with Gasteiger partial charge in [0.1, 0.15) is 4.83 Å². The first-order chi connectivity index (χ1) is 24.3. The van der Waals surface area contributed by atoms with Gasteiger partial charge in [-0.3, -0.25) is 0 Å². The highest BCUT2D eigenvalue weighted by Gasteiger charge is 2.19. The first-order valence-corrected chi connectivity index (χ1v) is 17.3. The molecule has 3 heterocycles. The number of benzene rings is 5. The van der Waals surface area contributed by atoms with E-state index in [9.17, 15) is 0 Å². The minimum Gasteiger partial charge on any atom is -0.245 e. The molecule has 230 valence electrons. The molecular weight excluding hydrogens is 615 g/mol. The monoisotopic (exact) mass is 643 g/mol. The molecule has 5 aromatic carbocycles. The van der Waals surface area contributed by atoms with Gasteiger partial charge in [0.2, 0.25) is 0 Å².